The largest absolute Gasteiger partial charge is 0.456 e. The van der Waals surface area contributed by atoms with E-state index in [1.54, 1.807) is 0 Å². The van der Waals surface area contributed by atoms with Gasteiger partial charge in [0.25, 0.3) is 0 Å². The highest BCUT2D eigenvalue weighted by atomic mass is 16.3. The summed E-state index contributed by atoms with van der Waals surface area (Å²) in [5.41, 5.74) is 17.8. The topological polar surface area (TPSA) is 18.1 Å². The number of aromatic nitrogens is 1. The van der Waals surface area contributed by atoms with Crippen LogP contribution in [0.3, 0.4) is 0 Å². The van der Waals surface area contributed by atoms with Crippen molar-refractivity contribution in [3.05, 3.63) is 188 Å². The Morgan fingerprint density at radius 1 is 0.296 bits per heavy atom. The predicted octanol–water partition coefficient (Wildman–Crippen LogP) is 14.5. The van der Waals surface area contributed by atoms with Gasteiger partial charge in [-0.15, -0.1) is 0 Å². The smallest absolute Gasteiger partial charge is 0.135 e. The molecule has 0 fully saturated rings. The minimum Gasteiger partial charge on any atom is -0.456 e. The van der Waals surface area contributed by atoms with Crippen LogP contribution in [0.1, 0.15) is 0 Å². The monoisotopic (exact) mass is 685 g/mol. The maximum atomic E-state index is 6.19. The van der Waals surface area contributed by atoms with Crippen LogP contribution in [0, 0.1) is 0 Å². The lowest BCUT2D eigenvalue weighted by molar-refractivity contribution is 0.669. The minimum atomic E-state index is 0.913. The Labute approximate surface area is 311 Å². The molecule has 1 aliphatic carbocycles. The van der Waals surface area contributed by atoms with E-state index >= 15 is 0 Å². The van der Waals surface area contributed by atoms with Crippen LogP contribution in [-0.4, -0.2) is 4.57 Å². The fourth-order valence-corrected chi connectivity index (χ4v) is 9.08. The SMILES string of the molecule is c1ccc(-c2cccc(-c3cccc(-n4c5ccc(-c6ccc7oc8ccccc8c7c6)cc5c5c6cccc7c6c(cc54)-c4ccccc4-7)c3)c2)cc1. The molecule has 0 bridgehead atoms. The van der Waals surface area contributed by atoms with Gasteiger partial charge >= 0.3 is 0 Å². The van der Waals surface area contributed by atoms with Crippen molar-refractivity contribution in [1.82, 2.24) is 4.57 Å². The molecule has 2 nitrogen and oxygen atoms in total. The van der Waals surface area contributed by atoms with Gasteiger partial charge in [-0.1, -0.05) is 133 Å². The zero-order chi connectivity index (χ0) is 35.3. The summed E-state index contributed by atoms with van der Waals surface area (Å²) in [6.45, 7) is 0. The van der Waals surface area contributed by atoms with E-state index in [0.717, 1.165) is 27.6 Å². The third-order valence-electron chi connectivity index (χ3n) is 11.5. The fourth-order valence-electron chi connectivity index (χ4n) is 9.08. The van der Waals surface area contributed by atoms with Gasteiger partial charge in [-0.3, -0.25) is 0 Å². The first-order valence-electron chi connectivity index (χ1n) is 18.6. The number of furan rings is 1. The number of hydrogen-bond acceptors (Lipinski definition) is 1. The van der Waals surface area contributed by atoms with Gasteiger partial charge < -0.3 is 8.98 Å². The number of benzene rings is 9. The quantitative estimate of drug-likeness (QED) is 0.180. The van der Waals surface area contributed by atoms with E-state index in [2.05, 4.69) is 180 Å². The first-order valence-corrected chi connectivity index (χ1v) is 18.6. The van der Waals surface area contributed by atoms with Crippen LogP contribution in [0.25, 0.3) is 116 Å². The van der Waals surface area contributed by atoms with Crippen molar-refractivity contribution in [2.24, 2.45) is 0 Å². The van der Waals surface area contributed by atoms with Gasteiger partial charge in [-0.25, -0.2) is 0 Å². The molecule has 12 rings (SSSR count). The molecule has 0 saturated heterocycles. The Morgan fingerprint density at radius 2 is 0.889 bits per heavy atom. The van der Waals surface area contributed by atoms with E-state index in [1.807, 2.05) is 12.1 Å². The summed E-state index contributed by atoms with van der Waals surface area (Å²) in [6.07, 6.45) is 0. The van der Waals surface area contributed by atoms with Crippen molar-refractivity contribution < 1.29 is 4.42 Å². The van der Waals surface area contributed by atoms with Crippen LogP contribution in [0.2, 0.25) is 0 Å². The van der Waals surface area contributed by atoms with Crippen molar-refractivity contribution >= 4 is 54.5 Å². The Balaban J connectivity index is 1.12. The molecule has 11 aromatic rings. The molecular weight excluding hydrogens is 655 g/mol. The van der Waals surface area contributed by atoms with Gasteiger partial charge in [0.2, 0.25) is 0 Å². The summed E-state index contributed by atoms with van der Waals surface area (Å²) in [5.74, 6) is 0. The molecule has 54 heavy (non-hydrogen) atoms. The lowest BCUT2D eigenvalue weighted by Gasteiger charge is -2.12. The number of rotatable bonds is 4. The summed E-state index contributed by atoms with van der Waals surface area (Å²) in [5, 5.41) is 7.45. The fraction of sp³-hybridized carbons (Fsp3) is 0. The van der Waals surface area contributed by atoms with Crippen LogP contribution in [0.4, 0.5) is 0 Å². The summed E-state index contributed by atoms with van der Waals surface area (Å²) in [6, 6.07) is 68.6. The zero-order valence-electron chi connectivity index (χ0n) is 29.3. The van der Waals surface area contributed by atoms with Gasteiger partial charge in [0.1, 0.15) is 11.2 Å². The maximum absolute atomic E-state index is 6.19. The molecule has 2 heteroatoms. The van der Waals surface area contributed by atoms with E-state index in [4.69, 9.17) is 4.42 Å². The van der Waals surface area contributed by atoms with Crippen molar-refractivity contribution in [3.8, 4) is 61.3 Å². The Bertz CT molecular complexity index is 3320. The molecule has 0 atom stereocenters. The maximum Gasteiger partial charge on any atom is 0.135 e. The molecule has 0 aliphatic heterocycles. The molecule has 0 radical (unpaired) electrons. The molecule has 1 aliphatic rings. The number of para-hydroxylation sites is 1. The lowest BCUT2D eigenvalue weighted by Crippen LogP contribution is -1.95. The van der Waals surface area contributed by atoms with Gasteiger partial charge in [0, 0.05) is 27.2 Å². The molecule has 2 heterocycles. The second kappa shape index (κ2) is 11.2. The lowest BCUT2D eigenvalue weighted by atomic mass is 9.96. The molecule has 250 valence electrons. The molecule has 9 aromatic carbocycles. The number of hydrogen-bond donors (Lipinski definition) is 0. The predicted molar refractivity (Wildman–Crippen MR) is 226 cm³/mol. The van der Waals surface area contributed by atoms with Crippen molar-refractivity contribution in [2.75, 3.05) is 0 Å². The normalized spacial score (nSPS) is 12.1. The van der Waals surface area contributed by atoms with Gasteiger partial charge in [0.05, 0.1) is 11.0 Å². The summed E-state index contributed by atoms with van der Waals surface area (Å²) in [7, 11) is 0. The minimum absolute atomic E-state index is 0.913. The van der Waals surface area contributed by atoms with E-state index in [0.29, 0.717) is 0 Å². The van der Waals surface area contributed by atoms with E-state index in [1.165, 1.54) is 88.2 Å². The highest BCUT2D eigenvalue weighted by Crippen LogP contribution is 2.51. The Morgan fingerprint density at radius 3 is 1.76 bits per heavy atom. The van der Waals surface area contributed by atoms with Crippen LogP contribution >= 0.6 is 0 Å². The second-order valence-corrected chi connectivity index (χ2v) is 14.5. The van der Waals surface area contributed by atoms with E-state index in [-0.39, 0.29) is 0 Å². The highest BCUT2D eigenvalue weighted by Gasteiger charge is 2.25. The molecule has 0 unspecified atom stereocenters. The standard InChI is InChI=1S/C52H31NO/c1-2-11-32(12-3-1)33-13-8-14-34(27-33)35-15-9-16-38(28-35)53-47-25-23-36(37-24-26-50-44(29-37)41-19-6-7-22-49(41)54-50)30-46(47)52-43-21-10-20-42-39-17-4-5-18-40(39)45(51(42)43)31-48(52)53/h1-31H. The van der Waals surface area contributed by atoms with Crippen molar-refractivity contribution in [3.63, 3.8) is 0 Å². The third-order valence-corrected chi connectivity index (χ3v) is 11.5. The molecule has 0 amide bonds. The van der Waals surface area contributed by atoms with E-state index in [9.17, 15) is 0 Å². The van der Waals surface area contributed by atoms with Crippen LogP contribution in [0.5, 0.6) is 0 Å². The van der Waals surface area contributed by atoms with Gasteiger partial charge in [-0.05, 0) is 121 Å². The van der Waals surface area contributed by atoms with Crippen LogP contribution < -0.4 is 0 Å². The average molecular weight is 686 g/mol. The second-order valence-electron chi connectivity index (χ2n) is 14.5. The first-order chi connectivity index (χ1) is 26.8. The first kappa shape index (κ1) is 29.4. The van der Waals surface area contributed by atoms with Crippen molar-refractivity contribution in [2.45, 2.75) is 0 Å². The zero-order valence-corrected chi connectivity index (χ0v) is 29.3. The highest BCUT2D eigenvalue weighted by molar-refractivity contribution is 6.29. The Kier molecular flexibility index (Phi) is 6.09. The third kappa shape index (κ3) is 4.22. The average Bonchev–Trinajstić information content (AvgIpc) is 3.89. The van der Waals surface area contributed by atoms with Crippen molar-refractivity contribution in [1.29, 1.82) is 0 Å². The van der Waals surface area contributed by atoms with E-state index < -0.39 is 0 Å². The van der Waals surface area contributed by atoms with Gasteiger partial charge in [0.15, 0.2) is 0 Å². The van der Waals surface area contributed by atoms with Crippen LogP contribution in [-0.2, 0) is 0 Å². The number of nitrogens with zero attached hydrogens (tertiary/aromatic N) is 1. The van der Waals surface area contributed by atoms with Crippen LogP contribution in [0.15, 0.2) is 192 Å². The molecule has 2 aromatic heterocycles. The molecule has 0 spiro atoms. The summed E-state index contributed by atoms with van der Waals surface area (Å²) < 4.78 is 8.68. The summed E-state index contributed by atoms with van der Waals surface area (Å²) in [4.78, 5) is 0. The Hall–Kier alpha value is -7.16. The molecule has 0 saturated carbocycles. The number of fused-ring (bicyclic) bond motifs is 10. The molecule has 0 N–H and O–H groups in total. The summed E-state index contributed by atoms with van der Waals surface area (Å²) >= 11 is 0. The van der Waals surface area contributed by atoms with Gasteiger partial charge in [-0.2, -0.15) is 0 Å². The molecular formula is C52H31NO.